The first-order valence-electron chi connectivity index (χ1n) is 5.79. The lowest BCUT2D eigenvalue weighted by Gasteiger charge is -2.19. The van der Waals surface area contributed by atoms with Gasteiger partial charge in [0.05, 0.1) is 17.5 Å². The van der Waals surface area contributed by atoms with Crippen molar-refractivity contribution in [1.29, 1.82) is 0 Å². The minimum absolute atomic E-state index is 0.103. The lowest BCUT2D eigenvalue weighted by Crippen LogP contribution is -2.26. The highest BCUT2D eigenvalue weighted by atomic mass is 32.1. The lowest BCUT2D eigenvalue weighted by molar-refractivity contribution is 0.0836. The molecule has 0 bridgehead atoms. The van der Waals surface area contributed by atoms with E-state index in [2.05, 4.69) is 20.5 Å². The highest BCUT2D eigenvalue weighted by Gasteiger charge is 2.37. The summed E-state index contributed by atoms with van der Waals surface area (Å²) in [5.41, 5.74) is 1.85. The topological polar surface area (TPSA) is 70.7 Å². The van der Waals surface area contributed by atoms with E-state index in [-0.39, 0.29) is 5.78 Å². The Morgan fingerprint density at radius 1 is 1.50 bits per heavy atom. The van der Waals surface area contributed by atoms with E-state index in [0.717, 1.165) is 21.3 Å². The zero-order valence-corrected chi connectivity index (χ0v) is 11.3. The second-order valence-corrected chi connectivity index (χ2v) is 6.17. The molecule has 2 heterocycles. The van der Waals surface area contributed by atoms with Crippen molar-refractivity contribution in [2.24, 2.45) is 5.41 Å². The fourth-order valence-electron chi connectivity index (χ4n) is 2.25. The van der Waals surface area contributed by atoms with Gasteiger partial charge in [-0.3, -0.25) is 9.89 Å². The monoisotopic (exact) mass is 262 g/mol. The maximum absolute atomic E-state index is 12.4. The number of thiazole rings is 1. The molecule has 0 spiro atoms. The molecular weight excluding hydrogens is 248 g/mol. The number of hydrogen-bond acceptors (Lipinski definition) is 5. The van der Waals surface area contributed by atoms with Crippen LogP contribution in [0.2, 0.25) is 0 Å². The van der Waals surface area contributed by atoms with E-state index in [1.807, 2.05) is 20.9 Å². The molecule has 6 heteroatoms. The highest BCUT2D eigenvalue weighted by Crippen LogP contribution is 2.41. The van der Waals surface area contributed by atoms with Crippen LogP contribution in [-0.4, -0.2) is 28.0 Å². The summed E-state index contributed by atoms with van der Waals surface area (Å²) in [6.07, 6.45) is 2.40. The number of fused-ring (bicyclic) bond motifs is 3. The predicted molar refractivity (Wildman–Crippen MR) is 71.1 cm³/mol. The number of aromatic nitrogens is 3. The van der Waals surface area contributed by atoms with E-state index in [1.165, 1.54) is 0 Å². The summed E-state index contributed by atoms with van der Waals surface area (Å²) in [7, 11) is 1.85. The van der Waals surface area contributed by atoms with Crippen LogP contribution in [0.5, 0.6) is 0 Å². The van der Waals surface area contributed by atoms with Crippen molar-refractivity contribution >= 4 is 22.3 Å². The molecule has 0 atom stereocenters. The van der Waals surface area contributed by atoms with Crippen LogP contribution in [-0.2, 0) is 6.42 Å². The van der Waals surface area contributed by atoms with Gasteiger partial charge in [0.25, 0.3) is 0 Å². The van der Waals surface area contributed by atoms with E-state index >= 15 is 0 Å². The van der Waals surface area contributed by atoms with Gasteiger partial charge in [0.2, 0.25) is 0 Å². The number of rotatable bonds is 1. The summed E-state index contributed by atoms with van der Waals surface area (Å²) < 4.78 is 0. The van der Waals surface area contributed by atoms with Gasteiger partial charge in [-0.2, -0.15) is 5.10 Å². The Labute approximate surface area is 109 Å². The Hall–Kier alpha value is -1.69. The molecule has 0 saturated carbocycles. The average Bonchev–Trinajstić information content (AvgIpc) is 2.91. The fourth-order valence-corrected chi connectivity index (χ4v) is 3.41. The third-order valence-corrected chi connectivity index (χ3v) is 4.32. The van der Waals surface area contributed by atoms with Crippen LogP contribution in [0, 0.1) is 5.41 Å². The van der Waals surface area contributed by atoms with Crippen molar-refractivity contribution in [1.82, 2.24) is 15.2 Å². The predicted octanol–water partition coefficient (Wildman–Crippen LogP) is 2.34. The van der Waals surface area contributed by atoms with Crippen LogP contribution in [0.15, 0.2) is 6.20 Å². The van der Waals surface area contributed by atoms with Gasteiger partial charge in [0.1, 0.15) is 5.69 Å². The molecule has 0 aliphatic heterocycles. The highest BCUT2D eigenvalue weighted by molar-refractivity contribution is 7.16. The van der Waals surface area contributed by atoms with Crippen LogP contribution in [0.25, 0.3) is 11.3 Å². The lowest BCUT2D eigenvalue weighted by atomic mass is 9.84. The zero-order chi connectivity index (χ0) is 12.9. The van der Waals surface area contributed by atoms with Crippen molar-refractivity contribution < 1.29 is 4.79 Å². The third kappa shape index (κ3) is 1.49. The van der Waals surface area contributed by atoms with Crippen LogP contribution in [0.1, 0.15) is 29.2 Å². The Morgan fingerprint density at radius 2 is 2.28 bits per heavy atom. The smallest absolute Gasteiger partial charge is 0.187 e. The first kappa shape index (κ1) is 11.4. The molecular formula is C12H14N4OS. The van der Waals surface area contributed by atoms with Crippen molar-refractivity contribution in [3.8, 4) is 11.3 Å². The number of Topliss-reactive ketones (excluding diaryl/α,β-unsaturated/α-hetero) is 1. The molecule has 2 aromatic rings. The van der Waals surface area contributed by atoms with Crippen LogP contribution in [0.3, 0.4) is 0 Å². The number of nitrogens with zero attached hydrogens (tertiary/aromatic N) is 2. The molecule has 94 valence electrons. The molecule has 0 fully saturated rings. The van der Waals surface area contributed by atoms with Gasteiger partial charge >= 0.3 is 0 Å². The normalized spacial score (nSPS) is 16.9. The molecule has 0 saturated heterocycles. The zero-order valence-electron chi connectivity index (χ0n) is 10.5. The first-order valence-corrected chi connectivity index (χ1v) is 6.60. The molecule has 18 heavy (non-hydrogen) atoms. The number of hydrogen-bond donors (Lipinski definition) is 2. The second-order valence-electron chi connectivity index (χ2n) is 5.09. The van der Waals surface area contributed by atoms with Gasteiger partial charge < -0.3 is 5.32 Å². The molecule has 2 aromatic heterocycles. The van der Waals surface area contributed by atoms with Gasteiger partial charge in [-0.1, -0.05) is 13.8 Å². The van der Waals surface area contributed by atoms with Crippen LogP contribution in [0.4, 0.5) is 5.13 Å². The molecule has 0 amide bonds. The maximum Gasteiger partial charge on any atom is 0.187 e. The van der Waals surface area contributed by atoms with E-state index in [0.29, 0.717) is 12.1 Å². The number of nitrogens with one attached hydrogen (secondary N) is 2. The summed E-state index contributed by atoms with van der Waals surface area (Å²) >= 11 is 1.60. The number of anilines is 1. The molecule has 0 aromatic carbocycles. The van der Waals surface area contributed by atoms with Crippen molar-refractivity contribution in [3.05, 3.63) is 16.8 Å². The van der Waals surface area contributed by atoms with Crippen LogP contribution >= 0.6 is 11.3 Å². The van der Waals surface area contributed by atoms with Gasteiger partial charge in [-0.25, -0.2) is 4.98 Å². The number of aromatic amines is 1. The second kappa shape index (κ2) is 3.65. The van der Waals surface area contributed by atoms with E-state index in [1.54, 1.807) is 17.5 Å². The van der Waals surface area contributed by atoms with Gasteiger partial charge in [0, 0.05) is 17.3 Å². The largest absolute Gasteiger partial charge is 0.365 e. The summed E-state index contributed by atoms with van der Waals surface area (Å²) in [4.78, 5) is 18.1. The van der Waals surface area contributed by atoms with E-state index < -0.39 is 5.41 Å². The summed E-state index contributed by atoms with van der Waals surface area (Å²) in [6.45, 7) is 3.93. The molecule has 1 aliphatic carbocycles. The molecule has 1 aliphatic rings. The summed E-state index contributed by atoms with van der Waals surface area (Å²) in [5, 5.41) is 10.7. The van der Waals surface area contributed by atoms with Gasteiger partial charge in [-0.15, -0.1) is 11.3 Å². The molecule has 3 rings (SSSR count). The number of H-pyrrole nitrogens is 1. The molecule has 5 nitrogen and oxygen atoms in total. The Kier molecular flexibility index (Phi) is 2.31. The van der Waals surface area contributed by atoms with Crippen molar-refractivity contribution in [2.45, 2.75) is 20.3 Å². The van der Waals surface area contributed by atoms with Gasteiger partial charge in [0.15, 0.2) is 10.9 Å². The van der Waals surface area contributed by atoms with E-state index in [4.69, 9.17) is 0 Å². The third-order valence-electron chi connectivity index (χ3n) is 3.25. The Balaban J connectivity index is 2.27. The molecule has 2 N–H and O–H groups in total. The summed E-state index contributed by atoms with van der Waals surface area (Å²) in [6, 6.07) is 0. The Bertz CT molecular complexity index is 626. The van der Waals surface area contributed by atoms with Crippen LogP contribution < -0.4 is 5.32 Å². The van der Waals surface area contributed by atoms with Gasteiger partial charge in [-0.05, 0) is 6.42 Å². The summed E-state index contributed by atoms with van der Waals surface area (Å²) in [5.74, 6) is 0.103. The minimum Gasteiger partial charge on any atom is -0.365 e. The molecule has 0 radical (unpaired) electrons. The van der Waals surface area contributed by atoms with E-state index in [9.17, 15) is 4.79 Å². The maximum atomic E-state index is 12.4. The SMILES string of the molecule is CNc1nc2c(s1)CC(C)(C)C(=O)c1[nH]ncc1-2. The molecule has 0 unspecified atom stereocenters. The standard InChI is InChI=1S/C12H14N4OS/c1-12(2)4-7-8(15-11(13-3)18-7)6-5-14-16-9(6)10(12)17/h5H,4H2,1-3H3,(H,13,15)(H,14,16). The number of carbonyl (C=O) groups excluding carboxylic acids is 1. The fraction of sp³-hybridized carbons (Fsp3) is 0.417. The number of ketones is 1. The Morgan fingerprint density at radius 3 is 3.00 bits per heavy atom. The minimum atomic E-state index is -0.427. The van der Waals surface area contributed by atoms with Crippen molar-refractivity contribution in [3.63, 3.8) is 0 Å². The number of carbonyl (C=O) groups is 1. The first-order chi connectivity index (χ1) is 8.53. The average molecular weight is 262 g/mol. The quantitative estimate of drug-likeness (QED) is 0.827. The van der Waals surface area contributed by atoms with Crippen molar-refractivity contribution in [2.75, 3.05) is 12.4 Å².